The number of esters is 2. The van der Waals surface area contributed by atoms with Crippen molar-refractivity contribution in [3.63, 3.8) is 0 Å². The Kier molecular flexibility index (Phi) is 29.2. The summed E-state index contributed by atoms with van der Waals surface area (Å²) in [6.07, 6.45) is 7.61. The minimum absolute atomic E-state index is 0. The third kappa shape index (κ3) is 29.4. The van der Waals surface area contributed by atoms with E-state index in [1.54, 1.807) is 6.92 Å². The van der Waals surface area contributed by atoms with Gasteiger partial charge in [0.1, 0.15) is 0 Å². The summed E-state index contributed by atoms with van der Waals surface area (Å²) in [5.74, 6) is 16.7. The molecule has 11 heteroatoms. The number of phosphoric ester groups is 1. The van der Waals surface area contributed by atoms with E-state index in [0.29, 0.717) is 6.42 Å². The van der Waals surface area contributed by atoms with Crippen molar-refractivity contribution >= 4 is 19.8 Å². The second-order valence-corrected chi connectivity index (χ2v) is 7.88. The number of rotatable bonds is 15. The molecular weight excluding hydrogens is 493 g/mol. The van der Waals surface area contributed by atoms with Crippen LogP contribution in [-0.2, 0) is 28.2 Å². The summed E-state index contributed by atoms with van der Waals surface area (Å²) in [4.78, 5) is 45.2. The number of phosphoric acid groups is 1. The van der Waals surface area contributed by atoms with Gasteiger partial charge in [0.05, 0.1) is 7.82 Å². The molecule has 1 atom stereocenters. The van der Waals surface area contributed by atoms with Crippen LogP contribution in [0.15, 0.2) is 0 Å². The Morgan fingerprint density at radius 1 is 0.829 bits per heavy atom. The molecule has 0 aromatic rings. The number of carbonyl (C=O) groups excluding carboxylic acids is 2. The van der Waals surface area contributed by atoms with Gasteiger partial charge in [-0.25, -0.2) is 4.79 Å². The van der Waals surface area contributed by atoms with Crippen molar-refractivity contribution in [2.24, 2.45) is 0 Å². The van der Waals surface area contributed by atoms with E-state index in [9.17, 15) is 23.9 Å². The number of carbonyl (C=O) groups is 2. The summed E-state index contributed by atoms with van der Waals surface area (Å²) in [6, 6.07) is 0. The Bertz CT molecular complexity index is 901. The zero-order valence-corrected chi connectivity index (χ0v) is 26.0. The van der Waals surface area contributed by atoms with Gasteiger partial charge in [-0.2, -0.15) is 0 Å². The molecule has 0 unspecified atom stereocenters. The number of hydrogen-bond donors (Lipinski definition) is 0. The summed E-state index contributed by atoms with van der Waals surface area (Å²) >= 11 is 0. The molecule has 0 N–H and O–H groups in total. The smallest absolute Gasteiger partial charge is 0.790 e. The van der Waals surface area contributed by atoms with Gasteiger partial charge in [0.15, 0.2) is 6.61 Å². The minimum atomic E-state index is -5.48. The van der Waals surface area contributed by atoms with Crippen molar-refractivity contribution in [3.8, 4) is 47.4 Å². The molecule has 0 aliphatic rings. The van der Waals surface area contributed by atoms with E-state index >= 15 is 0 Å². The predicted octanol–water partition coefficient (Wildman–Crippen LogP) is -3.79. The molecule has 0 spiro atoms. The molecule has 0 aromatic carbocycles. The fourth-order valence-corrected chi connectivity index (χ4v) is 2.86. The van der Waals surface area contributed by atoms with Gasteiger partial charge in [-0.3, -0.25) is 4.79 Å². The van der Waals surface area contributed by atoms with Crippen molar-refractivity contribution in [2.75, 3.05) is 6.61 Å². The molecule has 35 heavy (non-hydrogen) atoms. The third-order valence-electron chi connectivity index (χ3n) is 3.95. The molecule has 0 heterocycles. The average Bonchev–Trinajstić information content (AvgIpc) is 2.74. The second-order valence-electron chi connectivity index (χ2n) is 6.77. The Hall–Kier alpha value is -0.710. The van der Waals surface area contributed by atoms with Crippen LogP contribution in [0.1, 0.15) is 78.1 Å². The fraction of sp³-hybridized carbons (Fsp3) is 0.583. The van der Waals surface area contributed by atoms with Crippen molar-refractivity contribution in [2.45, 2.75) is 84.3 Å². The normalized spacial score (nSPS) is 9.94. The van der Waals surface area contributed by atoms with Crippen LogP contribution in [0.25, 0.3) is 0 Å². The molecule has 8 nitrogen and oxygen atoms in total. The van der Waals surface area contributed by atoms with Crippen LogP contribution in [0, 0.1) is 47.4 Å². The van der Waals surface area contributed by atoms with Crippen molar-refractivity contribution < 1.29 is 97.1 Å². The first-order valence-corrected chi connectivity index (χ1v) is 12.2. The zero-order chi connectivity index (χ0) is 24.8. The van der Waals surface area contributed by atoms with Crippen LogP contribution < -0.4 is 68.9 Å². The maximum Gasteiger partial charge on any atom is 1.00 e. The molecule has 0 radical (unpaired) electrons. The maximum absolute atomic E-state index is 11.9. The van der Waals surface area contributed by atoms with E-state index in [1.807, 2.05) is 5.92 Å². The monoisotopic (exact) mass is 522 g/mol. The first kappa shape index (κ1) is 38.8. The number of unbranched alkanes of at least 4 members (excludes halogenated alkanes) is 8. The molecule has 0 aromatic heterocycles. The topological polar surface area (TPSA) is 125 Å². The van der Waals surface area contributed by atoms with Crippen LogP contribution in [0.4, 0.5) is 0 Å². The summed E-state index contributed by atoms with van der Waals surface area (Å²) in [7, 11) is -5.48. The molecule has 0 saturated heterocycles. The van der Waals surface area contributed by atoms with Crippen LogP contribution in [-0.4, -0.2) is 24.8 Å². The molecule has 0 aliphatic carbocycles. The van der Waals surface area contributed by atoms with Gasteiger partial charge in [0.25, 0.3) is 0 Å². The van der Waals surface area contributed by atoms with Crippen molar-refractivity contribution in [1.82, 2.24) is 0 Å². The van der Waals surface area contributed by atoms with Gasteiger partial charge in [0.2, 0.25) is 6.29 Å². The Morgan fingerprint density at radius 3 is 1.89 bits per heavy atom. The predicted molar refractivity (Wildman–Crippen MR) is 118 cm³/mol. The third-order valence-corrected chi connectivity index (χ3v) is 4.44. The Morgan fingerprint density at radius 2 is 1.34 bits per heavy atom. The average molecular weight is 522 g/mol. The summed E-state index contributed by atoms with van der Waals surface area (Å²) in [5, 5.41) is 0. The standard InChI is InChI=1S/C24H31O8P.2Na/c1-3-5-7-9-11-12-14-16-18-20-23(26)31-24(32-33(27,28)29)21-30-22(25)19-17-15-13-10-8-6-4-2;;/h24H,3,5,7,9,11-12,14,16,18,20-21H2,1-2H3,(H2,27,28,29);;/q;2*+1/p-2/t24-;;/m1../s1. The molecule has 0 bridgehead atoms. The minimum Gasteiger partial charge on any atom is -0.790 e. The Balaban J connectivity index is -0.00000512. The van der Waals surface area contributed by atoms with Gasteiger partial charge in [-0.1, -0.05) is 64.2 Å². The maximum atomic E-state index is 11.9. The van der Waals surface area contributed by atoms with Crippen LogP contribution >= 0.6 is 7.82 Å². The number of ether oxygens (including phenoxy) is 2. The molecule has 0 rings (SSSR count). The summed E-state index contributed by atoms with van der Waals surface area (Å²) in [6.45, 7) is 2.96. The summed E-state index contributed by atoms with van der Waals surface area (Å²) < 4.78 is 24.5. The van der Waals surface area contributed by atoms with E-state index < -0.39 is 32.7 Å². The zero-order valence-electron chi connectivity index (χ0n) is 21.1. The molecule has 0 saturated carbocycles. The van der Waals surface area contributed by atoms with Crippen molar-refractivity contribution in [1.29, 1.82) is 0 Å². The largest absolute Gasteiger partial charge is 1.00 e. The molecule has 0 aliphatic heterocycles. The van der Waals surface area contributed by atoms with Gasteiger partial charge in [-0.15, -0.1) is 0 Å². The van der Waals surface area contributed by atoms with Crippen LogP contribution in [0.3, 0.4) is 0 Å². The molecule has 180 valence electrons. The summed E-state index contributed by atoms with van der Waals surface area (Å²) in [5.41, 5.74) is 0. The van der Waals surface area contributed by atoms with E-state index in [2.05, 4.69) is 57.6 Å². The van der Waals surface area contributed by atoms with Crippen LogP contribution in [0.5, 0.6) is 0 Å². The SMILES string of the molecule is CC#CC#CC#CC#CC(=O)OC[C@H](OC(=O)CCCCCCCCCCC)OP(=O)([O-])[O-].[Na+].[Na+]. The molecule has 0 amide bonds. The Labute approximate surface area is 253 Å². The van der Waals surface area contributed by atoms with E-state index in [-0.39, 0.29) is 65.5 Å². The van der Waals surface area contributed by atoms with Crippen molar-refractivity contribution in [3.05, 3.63) is 0 Å². The number of hydrogen-bond acceptors (Lipinski definition) is 8. The van der Waals surface area contributed by atoms with Gasteiger partial charge in [-0.05, 0) is 48.9 Å². The van der Waals surface area contributed by atoms with E-state index in [1.165, 1.54) is 25.7 Å². The van der Waals surface area contributed by atoms with Crippen LogP contribution in [0.2, 0.25) is 0 Å². The molecular formula is C24H29Na2O8P. The van der Waals surface area contributed by atoms with E-state index in [0.717, 1.165) is 25.7 Å². The van der Waals surface area contributed by atoms with Gasteiger partial charge >= 0.3 is 71.1 Å². The second kappa shape index (κ2) is 26.4. The first-order chi connectivity index (χ1) is 15.8. The first-order valence-electron chi connectivity index (χ1n) is 10.8. The van der Waals surface area contributed by atoms with Gasteiger partial charge in [0, 0.05) is 12.3 Å². The quantitative estimate of drug-likeness (QED) is 0.0408. The van der Waals surface area contributed by atoms with E-state index in [4.69, 9.17) is 4.74 Å². The molecule has 0 fully saturated rings. The van der Waals surface area contributed by atoms with Gasteiger partial charge < -0.3 is 28.3 Å². The fourth-order valence-electron chi connectivity index (χ4n) is 2.47.